The van der Waals surface area contributed by atoms with Gasteiger partial charge in [-0.25, -0.2) is 4.79 Å². The second-order valence-electron chi connectivity index (χ2n) is 5.54. The van der Waals surface area contributed by atoms with Crippen LogP contribution < -0.4 is 5.32 Å². The first-order chi connectivity index (χ1) is 10.6. The van der Waals surface area contributed by atoms with E-state index in [2.05, 4.69) is 5.32 Å². The first kappa shape index (κ1) is 14.8. The molecule has 1 aromatic carbocycles. The number of thiophene rings is 1. The fourth-order valence-corrected chi connectivity index (χ4v) is 3.47. The number of carboxylic acid groups (broad SMARTS) is 1. The molecule has 0 bridgehead atoms. The maximum atomic E-state index is 12.3. The van der Waals surface area contributed by atoms with Gasteiger partial charge in [-0.05, 0) is 41.8 Å². The van der Waals surface area contributed by atoms with Crippen LogP contribution in [-0.2, 0) is 11.2 Å². The van der Waals surface area contributed by atoms with Crippen LogP contribution in [0, 0.1) is 5.92 Å². The lowest BCUT2D eigenvalue weighted by molar-refractivity contribution is -0.121. The third kappa shape index (κ3) is 3.36. The molecule has 2 N–H and O–H groups in total. The van der Waals surface area contributed by atoms with E-state index >= 15 is 0 Å². The third-order valence-electron chi connectivity index (χ3n) is 3.86. The van der Waals surface area contributed by atoms with Crippen LogP contribution in [0.3, 0.4) is 0 Å². The van der Waals surface area contributed by atoms with E-state index in [1.807, 2.05) is 17.5 Å². The molecule has 4 nitrogen and oxygen atoms in total. The Labute approximate surface area is 132 Å². The van der Waals surface area contributed by atoms with Gasteiger partial charge in [0.25, 0.3) is 0 Å². The SMILES string of the molecule is O=C(Cc1ccccc1C(=O)O)NC(c1cccs1)C1CC1. The molecule has 0 saturated heterocycles. The normalized spacial score (nSPS) is 15.3. The summed E-state index contributed by atoms with van der Waals surface area (Å²) < 4.78 is 0. The summed E-state index contributed by atoms with van der Waals surface area (Å²) in [5, 5.41) is 14.3. The molecule has 22 heavy (non-hydrogen) atoms. The fourth-order valence-electron chi connectivity index (χ4n) is 2.60. The van der Waals surface area contributed by atoms with E-state index in [9.17, 15) is 14.7 Å². The van der Waals surface area contributed by atoms with Gasteiger partial charge in [-0.3, -0.25) is 4.79 Å². The molecule has 1 saturated carbocycles. The smallest absolute Gasteiger partial charge is 0.335 e. The number of hydrogen-bond acceptors (Lipinski definition) is 3. The average Bonchev–Trinajstić information content (AvgIpc) is 3.19. The van der Waals surface area contributed by atoms with Crippen LogP contribution in [0.5, 0.6) is 0 Å². The van der Waals surface area contributed by atoms with Crippen LogP contribution in [0.2, 0.25) is 0 Å². The molecule has 0 spiro atoms. The monoisotopic (exact) mass is 315 g/mol. The number of carboxylic acids is 1. The van der Waals surface area contributed by atoms with Crippen LogP contribution in [0.4, 0.5) is 0 Å². The van der Waals surface area contributed by atoms with Crippen molar-refractivity contribution in [3.63, 3.8) is 0 Å². The highest BCUT2D eigenvalue weighted by molar-refractivity contribution is 7.10. The number of benzene rings is 1. The lowest BCUT2D eigenvalue weighted by Crippen LogP contribution is -2.31. The number of amides is 1. The minimum atomic E-state index is -1.000. The highest BCUT2D eigenvalue weighted by Gasteiger charge is 2.34. The van der Waals surface area contributed by atoms with Crippen molar-refractivity contribution >= 4 is 23.2 Å². The van der Waals surface area contributed by atoms with Gasteiger partial charge < -0.3 is 10.4 Å². The molecule has 114 valence electrons. The van der Waals surface area contributed by atoms with E-state index in [0.29, 0.717) is 11.5 Å². The molecule has 1 aliphatic rings. The van der Waals surface area contributed by atoms with Crippen LogP contribution >= 0.6 is 11.3 Å². The molecular weight excluding hydrogens is 298 g/mol. The molecule has 0 aliphatic heterocycles. The van der Waals surface area contributed by atoms with Crippen molar-refractivity contribution < 1.29 is 14.7 Å². The van der Waals surface area contributed by atoms with Gasteiger partial charge in [-0.2, -0.15) is 0 Å². The minimum absolute atomic E-state index is 0.0597. The lowest BCUT2D eigenvalue weighted by atomic mass is 10.0. The Morgan fingerprint density at radius 3 is 2.64 bits per heavy atom. The van der Waals surface area contributed by atoms with Crippen molar-refractivity contribution in [2.75, 3.05) is 0 Å². The van der Waals surface area contributed by atoms with Crippen molar-refractivity contribution in [2.45, 2.75) is 25.3 Å². The van der Waals surface area contributed by atoms with Crippen LogP contribution in [-0.4, -0.2) is 17.0 Å². The Morgan fingerprint density at radius 2 is 2.00 bits per heavy atom. The second-order valence-corrected chi connectivity index (χ2v) is 6.52. The summed E-state index contributed by atoms with van der Waals surface area (Å²) in [7, 11) is 0. The predicted octanol–water partition coefficient (Wildman–Crippen LogP) is 3.26. The summed E-state index contributed by atoms with van der Waals surface area (Å²) in [5.74, 6) is -0.614. The molecule has 1 heterocycles. The van der Waals surface area contributed by atoms with Crippen molar-refractivity contribution in [3.05, 3.63) is 57.8 Å². The molecule has 2 aromatic rings. The molecule has 1 aromatic heterocycles. The fraction of sp³-hybridized carbons (Fsp3) is 0.294. The first-order valence-corrected chi connectivity index (χ1v) is 8.17. The van der Waals surface area contributed by atoms with E-state index in [4.69, 9.17) is 0 Å². The van der Waals surface area contributed by atoms with E-state index < -0.39 is 5.97 Å². The van der Waals surface area contributed by atoms with E-state index in [1.54, 1.807) is 29.5 Å². The van der Waals surface area contributed by atoms with Crippen molar-refractivity contribution in [1.82, 2.24) is 5.32 Å². The van der Waals surface area contributed by atoms with Gasteiger partial charge in [0, 0.05) is 4.88 Å². The van der Waals surface area contributed by atoms with Gasteiger partial charge in [-0.1, -0.05) is 24.3 Å². The van der Waals surface area contributed by atoms with Gasteiger partial charge in [0.1, 0.15) is 0 Å². The van der Waals surface area contributed by atoms with Gasteiger partial charge in [0.05, 0.1) is 18.0 Å². The zero-order valence-electron chi connectivity index (χ0n) is 12.0. The maximum absolute atomic E-state index is 12.3. The molecule has 1 atom stereocenters. The average molecular weight is 315 g/mol. The van der Waals surface area contributed by atoms with Crippen LogP contribution in [0.1, 0.15) is 39.7 Å². The second kappa shape index (κ2) is 6.32. The topological polar surface area (TPSA) is 66.4 Å². The van der Waals surface area contributed by atoms with E-state index in [1.165, 1.54) is 10.9 Å². The summed E-state index contributed by atoms with van der Waals surface area (Å²) in [6.45, 7) is 0. The summed E-state index contributed by atoms with van der Waals surface area (Å²) in [4.78, 5) is 24.7. The Bertz CT molecular complexity index is 677. The lowest BCUT2D eigenvalue weighted by Gasteiger charge is -2.17. The third-order valence-corrected chi connectivity index (χ3v) is 4.81. The number of hydrogen-bond donors (Lipinski definition) is 2. The quantitative estimate of drug-likeness (QED) is 0.860. The van der Waals surface area contributed by atoms with E-state index in [-0.39, 0.29) is 23.9 Å². The number of carbonyl (C=O) groups is 2. The van der Waals surface area contributed by atoms with Crippen LogP contribution in [0.25, 0.3) is 0 Å². The first-order valence-electron chi connectivity index (χ1n) is 7.29. The minimum Gasteiger partial charge on any atom is -0.478 e. The predicted molar refractivity (Wildman–Crippen MR) is 85.0 cm³/mol. The Hall–Kier alpha value is -2.14. The highest BCUT2D eigenvalue weighted by atomic mass is 32.1. The maximum Gasteiger partial charge on any atom is 0.335 e. The van der Waals surface area contributed by atoms with Gasteiger partial charge >= 0.3 is 5.97 Å². The zero-order chi connectivity index (χ0) is 15.5. The van der Waals surface area contributed by atoms with Crippen molar-refractivity contribution in [1.29, 1.82) is 0 Å². The number of aromatic carboxylic acids is 1. The number of carbonyl (C=O) groups excluding carboxylic acids is 1. The Morgan fingerprint density at radius 1 is 1.23 bits per heavy atom. The molecule has 1 amide bonds. The Kier molecular flexibility index (Phi) is 4.24. The number of rotatable bonds is 6. The highest BCUT2D eigenvalue weighted by Crippen LogP contribution is 2.42. The summed E-state index contributed by atoms with van der Waals surface area (Å²) in [6, 6.07) is 10.7. The summed E-state index contributed by atoms with van der Waals surface area (Å²) >= 11 is 1.65. The van der Waals surface area contributed by atoms with Gasteiger partial charge in [-0.15, -0.1) is 11.3 Å². The van der Waals surface area contributed by atoms with E-state index in [0.717, 1.165) is 12.8 Å². The molecule has 1 aliphatic carbocycles. The summed E-state index contributed by atoms with van der Waals surface area (Å²) in [5.41, 5.74) is 0.741. The molecule has 3 rings (SSSR count). The van der Waals surface area contributed by atoms with Gasteiger partial charge in [0.15, 0.2) is 0 Å². The molecule has 0 radical (unpaired) electrons. The van der Waals surface area contributed by atoms with Crippen molar-refractivity contribution in [2.24, 2.45) is 5.92 Å². The Balaban J connectivity index is 1.71. The largest absolute Gasteiger partial charge is 0.478 e. The van der Waals surface area contributed by atoms with Gasteiger partial charge in [0.2, 0.25) is 5.91 Å². The molecule has 1 fully saturated rings. The van der Waals surface area contributed by atoms with Crippen molar-refractivity contribution in [3.8, 4) is 0 Å². The summed E-state index contributed by atoms with van der Waals surface area (Å²) in [6.07, 6.45) is 2.36. The molecule has 1 unspecified atom stereocenters. The zero-order valence-corrected chi connectivity index (χ0v) is 12.8. The van der Waals surface area contributed by atoms with Crippen LogP contribution in [0.15, 0.2) is 41.8 Å². The molecule has 5 heteroatoms. The number of nitrogens with one attached hydrogen (secondary N) is 1. The standard InChI is InChI=1S/C17H17NO3S/c19-15(10-12-4-1-2-5-13(12)17(20)21)18-16(11-7-8-11)14-6-3-9-22-14/h1-6,9,11,16H,7-8,10H2,(H,18,19)(H,20,21). The molecular formula is C17H17NO3S.